The van der Waals surface area contributed by atoms with Crippen LogP contribution in [0.3, 0.4) is 0 Å². The third kappa shape index (κ3) is 5.31. The Morgan fingerprint density at radius 1 is 0.788 bits per heavy atom. The molecule has 0 unspecified atom stereocenters. The number of amides is 2. The zero-order valence-electron chi connectivity index (χ0n) is 18.6. The Balaban J connectivity index is 1.50. The highest BCUT2D eigenvalue weighted by atomic mass is 16.6. The number of benzene rings is 2. The molecular weight excluding hydrogens is 422 g/mol. The van der Waals surface area contributed by atoms with E-state index in [1.165, 1.54) is 6.07 Å². The quantitative estimate of drug-likeness (QED) is 0.566. The third-order valence-corrected chi connectivity index (χ3v) is 6.19. The SMILES string of the molecule is O=C(c1ccc(N2CCCN(C(=O)c3ccccc3)CC2)c([N+](=O)[O-])c1)N1CCCNCC1. The lowest BCUT2D eigenvalue weighted by atomic mass is 10.1. The maximum Gasteiger partial charge on any atom is 0.293 e. The monoisotopic (exact) mass is 451 g/mol. The van der Waals surface area contributed by atoms with E-state index in [9.17, 15) is 19.7 Å². The Kier molecular flexibility index (Phi) is 7.19. The van der Waals surface area contributed by atoms with Gasteiger partial charge in [-0.15, -0.1) is 0 Å². The lowest BCUT2D eigenvalue weighted by molar-refractivity contribution is -0.384. The first kappa shape index (κ1) is 22.7. The van der Waals surface area contributed by atoms with E-state index in [2.05, 4.69) is 5.32 Å². The van der Waals surface area contributed by atoms with Gasteiger partial charge < -0.3 is 20.0 Å². The number of nitrogens with zero attached hydrogens (tertiary/aromatic N) is 4. The van der Waals surface area contributed by atoms with Crippen LogP contribution in [0.15, 0.2) is 48.5 Å². The van der Waals surface area contributed by atoms with Crippen molar-refractivity contribution in [2.45, 2.75) is 12.8 Å². The molecule has 0 bridgehead atoms. The molecule has 174 valence electrons. The van der Waals surface area contributed by atoms with E-state index in [-0.39, 0.29) is 17.5 Å². The summed E-state index contributed by atoms with van der Waals surface area (Å²) in [4.78, 5) is 42.7. The van der Waals surface area contributed by atoms with Gasteiger partial charge in [-0.1, -0.05) is 18.2 Å². The summed E-state index contributed by atoms with van der Waals surface area (Å²) in [6.45, 7) is 4.98. The second-order valence-corrected chi connectivity index (χ2v) is 8.36. The van der Waals surface area contributed by atoms with Gasteiger partial charge in [-0.3, -0.25) is 19.7 Å². The zero-order chi connectivity index (χ0) is 23.2. The molecule has 2 saturated heterocycles. The van der Waals surface area contributed by atoms with Crippen LogP contribution in [0.25, 0.3) is 0 Å². The summed E-state index contributed by atoms with van der Waals surface area (Å²) in [7, 11) is 0. The number of carbonyl (C=O) groups excluding carboxylic acids is 2. The molecule has 4 rings (SSSR count). The number of hydrogen-bond acceptors (Lipinski definition) is 6. The van der Waals surface area contributed by atoms with Crippen LogP contribution in [0.4, 0.5) is 11.4 Å². The molecule has 0 saturated carbocycles. The number of hydrogen-bond donors (Lipinski definition) is 1. The molecule has 2 aliphatic heterocycles. The molecular formula is C24H29N5O4. The Labute approximate surface area is 193 Å². The highest BCUT2D eigenvalue weighted by Crippen LogP contribution is 2.31. The fraction of sp³-hybridized carbons (Fsp3) is 0.417. The second-order valence-electron chi connectivity index (χ2n) is 8.36. The normalized spacial score (nSPS) is 17.3. The Bertz CT molecular complexity index is 1010. The van der Waals surface area contributed by atoms with Crippen LogP contribution in [0.1, 0.15) is 33.6 Å². The summed E-state index contributed by atoms with van der Waals surface area (Å²) in [6.07, 6.45) is 1.56. The Morgan fingerprint density at radius 2 is 1.52 bits per heavy atom. The predicted molar refractivity (Wildman–Crippen MR) is 126 cm³/mol. The molecule has 2 aliphatic rings. The van der Waals surface area contributed by atoms with Gasteiger partial charge in [-0.2, -0.15) is 0 Å². The van der Waals surface area contributed by atoms with Crippen molar-refractivity contribution in [3.8, 4) is 0 Å². The predicted octanol–water partition coefficient (Wildman–Crippen LogP) is 2.38. The van der Waals surface area contributed by atoms with Crippen LogP contribution < -0.4 is 10.2 Å². The van der Waals surface area contributed by atoms with Gasteiger partial charge in [0, 0.05) is 63.0 Å². The minimum Gasteiger partial charge on any atom is -0.364 e. The molecule has 1 N–H and O–H groups in total. The Morgan fingerprint density at radius 3 is 2.30 bits per heavy atom. The summed E-state index contributed by atoms with van der Waals surface area (Å²) in [5, 5.41) is 15.1. The number of carbonyl (C=O) groups is 2. The molecule has 2 heterocycles. The van der Waals surface area contributed by atoms with E-state index in [0.717, 1.165) is 19.5 Å². The number of rotatable bonds is 4. The van der Waals surface area contributed by atoms with Crippen LogP contribution in [0, 0.1) is 10.1 Å². The minimum atomic E-state index is -0.423. The minimum absolute atomic E-state index is 0.0279. The van der Waals surface area contributed by atoms with Crippen molar-refractivity contribution in [1.82, 2.24) is 15.1 Å². The molecule has 0 atom stereocenters. The van der Waals surface area contributed by atoms with Crippen molar-refractivity contribution >= 4 is 23.2 Å². The fourth-order valence-electron chi connectivity index (χ4n) is 4.43. The van der Waals surface area contributed by atoms with Crippen LogP contribution in [-0.2, 0) is 0 Å². The number of nitro benzene ring substituents is 1. The van der Waals surface area contributed by atoms with E-state index in [1.807, 2.05) is 23.1 Å². The number of anilines is 1. The van der Waals surface area contributed by atoms with E-state index < -0.39 is 4.92 Å². The molecule has 9 heteroatoms. The van der Waals surface area contributed by atoms with E-state index in [4.69, 9.17) is 0 Å². The zero-order valence-corrected chi connectivity index (χ0v) is 18.6. The van der Waals surface area contributed by atoms with Crippen molar-refractivity contribution in [2.75, 3.05) is 57.3 Å². The Hall–Kier alpha value is -3.46. The number of nitro groups is 1. The van der Waals surface area contributed by atoms with Crippen LogP contribution >= 0.6 is 0 Å². The van der Waals surface area contributed by atoms with Crippen molar-refractivity contribution in [3.63, 3.8) is 0 Å². The molecule has 9 nitrogen and oxygen atoms in total. The summed E-state index contributed by atoms with van der Waals surface area (Å²) >= 11 is 0. The third-order valence-electron chi connectivity index (χ3n) is 6.19. The van der Waals surface area contributed by atoms with E-state index in [0.29, 0.717) is 62.5 Å². The molecule has 0 spiro atoms. The maximum atomic E-state index is 12.9. The molecule has 0 radical (unpaired) electrons. The molecule has 2 aromatic carbocycles. The van der Waals surface area contributed by atoms with Gasteiger partial charge in [0.15, 0.2) is 0 Å². The first-order chi connectivity index (χ1) is 16.0. The van der Waals surface area contributed by atoms with Gasteiger partial charge in [0.1, 0.15) is 5.69 Å². The molecule has 0 aromatic heterocycles. The van der Waals surface area contributed by atoms with Gasteiger partial charge in [-0.05, 0) is 43.7 Å². The first-order valence-corrected chi connectivity index (χ1v) is 11.4. The molecule has 33 heavy (non-hydrogen) atoms. The van der Waals surface area contributed by atoms with Gasteiger partial charge in [0.2, 0.25) is 0 Å². The standard InChI is InChI=1S/C24H29N5O4/c30-23(19-6-2-1-3-7-19)28-14-5-13-26(16-17-28)21-9-8-20(18-22(21)29(32)33)24(31)27-12-4-10-25-11-15-27/h1-3,6-9,18,25H,4-5,10-17H2. The van der Waals surface area contributed by atoms with Crippen LogP contribution in [0.2, 0.25) is 0 Å². The summed E-state index contributed by atoms with van der Waals surface area (Å²) < 4.78 is 0. The van der Waals surface area contributed by atoms with E-state index in [1.54, 1.807) is 34.1 Å². The lowest BCUT2D eigenvalue weighted by Crippen LogP contribution is -2.35. The van der Waals surface area contributed by atoms with Gasteiger partial charge in [-0.25, -0.2) is 0 Å². The summed E-state index contributed by atoms with van der Waals surface area (Å²) in [5.74, 6) is -0.205. The summed E-state index contributed by atoms with van der Waals surface area (Å²) in [5.41, 5.74) is 1.39. The topological polar surface area (TPSA) is 99.0 Å². The maximum absolute atomic E-state index is 12.9. The smallest absolute Gasteiger partial charge is 0.293 e. The lowest BCUT2D eigenvalue weighted by Gasteiger charge is -2.24. The van der Waals surface area contributed by atoms with E-state index >= 15 is 0 Å². The largest absolute Gasteiger partial charge is 0.364 e. The summed E-state index contributed by atoms with van der Waals surface area (Å²) in [6, 6.07) is 13.9. The highest BCUT2D eigenvalue weighted by molar-refractivity contribution is 5.96. The van der Waals surface area contributed by atoms with Crippen molar-refractivity contribution in [3.05, 3.63) is 69.8 Å². The highest BCUT2D eigenvalue weighted by Gasteiger charge is 2.27. The van der Waals surface area contributed by atoms with Gasteiger partial charge >= 0.3 is 0 Å². The average molecular weight is 452 g/mol. The molecule has 2 aromatic rings. The molecule has 2 amide bonds. The van der Waals surface area contributed by atoms with Crippen molar-refractivity contribution < 1.29 is 14.5 Å². The van der Waals surface area contributed by atoms with Crippen LogP contribution in [0.5, 0.6) is 0 Å². The van der Waals surface area contributed by atoms with Gasteiger partial charge in [0.05, 0.1) is 4.92 Å². The molecule has 0 aliphatic carbocycles. The van der Waals surface area contributed by atoms with Crippen molar-refractivity contribution in [2.24, 2.45) is 0 Å². The first-order valence-electron chi connectivity index (χ1n) is 11.4. The van der Waals surface area contributed by atoms with Gasteiger partial charge in [0.25, 0.3) is 17.5 Å². The second kappa shape index (κ2) is 10.4. The number of nitrogens with one attached hydrogen (secondary N) is 1. The fourth-order valence-corrected chi connectivity index (χ4v) is 4.43. The van der Waals surface area contributed by atoms with Crippen molar-refractivity contribution in [1.29, 1.82) is 0 Å². The van der Waals surface area contributed by atoms with Crippen LogP contribution in [-0.4, -0.2) is 78.9 Å². The average Bonchev–Trinajstić information content (AvgIpc) is 3.27. The molecule has 2 fully saturated rings.